The molecule has 1 heterocycles. The molecule has 6 heteroatoms. The molecule has 0 aliphatic rings. The largest absolute Gasteiger partial charge is 0.368 e. The standard InChI is InChI=1S/C20H22N4OS/c1-12-9-10-15(14(3)11-12)17(18(21)25)26-20-23-22-19(24(20)4)16-8-6-5-7-13(16)2/h5-11,17H,1-4H3,(H2,21,25). The summed E-state index contributed by atoms with van der Waals surface area (Å²) in [5.41, 5.74) is 11.0. The smallest absolute Gasteiger partial charge is 0.235 e. The zero-order valence-corrected chi connectivity index (χ0v) is 16.2. The quantitative estimate of drug-likeness (QED) is 0.698. The van der Waals surface area contributed by atoms with Gasteiger partial charge in [-0.15, -0.1) is 10.2 Å². The molecule has 5 nitrogen and oxygen atoms in total. The fourth-order valence-corrected chi connectivity index (χ4v) is 4.03. The zero-order valence-electron chi connectivity index (χ0n) is 15.4. The van der Waals surface area contributed by atoms with Crippen molar-refractivity contribution in [1.29, 1.82) is 0 Å². The van der Waals surface area contributed by atoms with E-state index in [0.717, 1.165) is 33.6 Å². The molecule has 3 aromatic rings. The Labute approximate surface area is 157 Å². The van der Waals surface area contributed by atoms with E-state index in [0.29, 0.717) is 5.16 Å². The first-order chi connectivity index (χ1) is 12.4. The van der Waals surface area contributed by atoms with Crippen LogP contribution in [-0.4, -0.2) is 20.7 Å². The molecule has 1 aromatic heterocycles. The fraction of sp³-hybridized carbons (Fsp3) is 0.250. The lowest BCUT2D eigenvalue weighted by molar-refractivity contribution is -0.117. The van der Waals surface area contributed by atoms with Crippen LogP contribution in [0.3, 0.4) is 0 Å². The fourth-order valence-electron chi connectivity index (χ4n) is 2.98. The summed E-state index contributed by atoms with van der Waals surface area (Å²) in [4.78, 5) is 12.1. The molecule has 0 saturated carbocycles. The van der Waals surface area contributed by atoms with E-state index in [-0.39, 0.29) is 5.91 Å². The lowest BCUT2D eigenvalue weighted by Gasteiger charge is -2.16. The Kier molecular flexibility index (Phi) is 5.13. The average molecular weight is 366 g/mol. The van der Waals surface area contributed by atoms with E-state index in [1.165, 1.54) is 11.8 Å². The van der Waals surface area contributed by atoms with Crippen LogP contribution >= 0.6 is 11.8 Å². The van der Waals surface area contributed by atoms with Gasteiger partial charge < -0.3 is 10.3 Å². The van der Waals surface area contributed by atoms with Crippen LogP contribution in [0.4, 0.5) is 0 Å². The van der Waals surface area contributed by atoms with Crippen LogP contribution in [0, 0.1) is 20.8 Å². The van der Waals surface area contributed by atoms with Crippen LogP contribution in [0.25, 0.3) is 11.4 Å². The zero-order chi connectivity index (χ0) is 18.8. The maximum absolute atomic E-state index is 12.1. The van der Waals surface area contributed by atoms with Gasteiger partial charge in [-0.25, -0.2) is 0 Å². The van der Waals surface area contributed by atoms with E-state index in [4.69, 9.17) is 5.73 Å². The van der Waals surface area contributed by atoms with Crippen molar-refractivity contribution in [2.75, 3.05) is 0 Å². The molecule has 26 heavy (non-hydrogen) atoms. The van der Waals surface area contributed by atoms with Crippen molar-refractivity contribution in [1.82, 2.24) is 14.8 Å². The first-order valence-electron chi connectivity index (χ1n) is 8.37. The number of aromatic nitrogens is 3. The molecule has 1 atom stereocenters. The van der Waals surface area contributed by atoms with Crippen molar-refractivity contribution >= 4 is 17.7 Å². The van der Waals surface area contributed by atoms with Gasteiger partial charge in [0, 0.05) is 12.6 Å². The van der Waals surface area contributed by atoms with Crippen molar-refractivity contribution in [2.45, 2.75) is 31.2 Å². The third-order valence-corrected chi connectivity index (χ3v) is 5.70. The topological polar surface area (TPSA) is 73.8 Å². The Hall–Kier alpha value is -2.60. The molecule has 2 aromatic carbocycles. The number of amides is 1. The minimum absolute atomic E-state index is 0.387. The molecular formula is C20H22N4OS. The average Bonchev–Trinajstić information content (AvgIpc) is 2.94. The molecule has 0 spiro atoms. The normalized spacial score (nSPS) is 12.2. The second kappa shape index (κ2) is 7.33. The second-order valence-electron chi connectivity index (χ2n) is 6.44. The van der Waals surface area contributed by atoms with Gasteiger partial charge in [0.05, 0.1) is 0 Å². The highest BCUT2D eigenvalue weighted by molar-refractivity contribution is 8.00. The number of benzene rings is 2. The Morgan fingerprint density at radius 1 is 1.08 bits per heavy atom. The van der Waals surface area contributed by atoms with Gasteiger partial charge in [-0.2, -0.15) is 0 Å². The molecule has 134 valence electrons. The molecule has 3 rings (SSSR count). The summed E-state index contributed by atoms with van der Waals surface area (Å²) in [7, 11) is 1.91. The van der Waals surface area contributed by atoms with Gasteiger partial charge in [-0.3, -0.25) is 4.79 Å². The van der Waals surface area contributed by atoms with Crippen LogP contribution in [0.5, 0.6) is 0 Å². The van der Waals surface area contributed by atoms with Crippen molar-refractivity contribution in [3.05, 3.63) is 64.7 Å². The van der Waals surface area contributed by atoms with Crippen molar-refractivity contribution in [3.63, 3.8) is 0 Å². The minimum atomic E-state index is -0.511. The number of aryl methyl sites for hydroxylation is 3. The van der Waals surface area contributed by atoms with Gasteiger partial charge in [0.15, 0.2) is 11.0 Å². The van der Waals surface area contributed by atoms with Gasteiger partial charge in [-0.1, -0.05) is 59.8 Å². The SMILES string of the molecule is Cc1ccc(C(Sc2nnc(-c3ccccc3C)n2C)C(N)=O)c(C)c1. The molecule has 0 aliphatic carbocycles. The number of hydrogen-bond donors (Lipinski definition) is 1. The molecule has 1 unspecified atom stereocenters. The van der Waals surface area contributed by atoms with Gasteiger partial charge in [0.25, 0.3) is 0 Å². The summed E-state index contributed by atoms with van der Waals surface area (Å²) in [6, 6.07) is 14.0. The first kappa shape index (κ1) is 18.2. The summed E-state index contributed by atoms with van der Waals surface area (Å²) in [5.74, 6) is 0.386. The Morgan fingerprint density at radius 3 is 2.46 bits per heavy atom. The highest BCUT2D eigenvalue weighted by atomic mass is 32.2. The molecule has 0 bridgehead atoms. The molecule has 1 amide bonds. The third-order valence-electron chi connectivity index (χ3n) is 4.41. The van der Waals surface area contributed by atoms with E-state index in [1.807, 2.05) is 68.8 Å². The summed E-state index contributed by atoms with van der Waals surface area (Å²) < 4.78 is 1.91. The van der Waals surface area contributed by atoms with Gasteiger partial charge in [0.2, 0.25) is 5.91 Å². The van der Waals surface area contributed by atoms with E-state index in [9.17, 15) is 4.79 Å². The van der Waals surface area contributed by atoms with Gasteiger partial charge in [0.1, 0.15) is 5.25 Å². The van der Waals surface area contributed by atoms with Crippen molar-refractivity contribution < 1.29 is 4.79 Å². The predicted molar refractivity (Wildman–Crippen MR) is 105 cm³/mol. The number of hydrogen-bond acceptors (Lipinski definition) is 4. The lowest BCUT2D eigenvalue weighted by Crippen LogP contribution is -2.20. The number of thioether (sulfide) groups is 1. The van der Waals surface area contributed by atoms with Crippen LogP contribution < -0.4 is 5.73 Å². The van der Waals surface area contributed by atoms with E-state index in [1.54, 1.807) is 0 Å². The van der Waals surface area contributed by atoms with E-state index in [2.05, 4.69) is 16.3 Å². The van der Waals surface area contributed by atoms with Crippen molar-refractivity contribution in [2.24, 2.45) is 12.8 Å². The van der Waals surface area contributed by atoms with Crippen LogP contribution in [0.1, 0.15) is 27.5 Å². The molecule has 2 N–H and O–H groups in total. The molecular weight excluding hydrogens is 344 g/mol. The van der Waals surface area contributed by atoms with Gasteiger partial charge >= 0.3 is 0 Å². The minimum Gasteiger partial charge on any atom is -0.368 e. The maximum Gasteiger partial charge on any atom is 0.235 e. The summed E-state index contributed by atoms with van der Waals surface area (Å²) in [6.45, 7) is 6.06. The Balaban J connectivity index is 1.97. The van der Waals surface area contributed by atoms with Crippen LogP contribution in [0.2, 0.25) is 0 Å². The summed E-state index contributed by atoms with van der Waals surface area (Å²) in [5, 5.41) is 8.77. The Morgan fingerprint density at radius 2 is 1.81 bits per heavy atom. The Bertz CT molecular complexity index is 964. The highest BCUT2D eigenvalue weighted by Gasteiger charge is 2.24. The summed E-state index contributed by atoms with van der Waals surface area (Å²) in [6.07, 6.45) is 0. The van der Waals surface area contributed by atoms with Crippen molar-refractivity contribution in [3.8, 4) is 11.4 Å². The van der Waals surface area contributed by atoms with E-state index >= 15 is 0 Å². The van der Waals surface area contributed by atoms with Crippen LogP contribution in [0.15, 0.2) is 47.6 Å². The number of carbonyl (C=O) groups excluding carboxylic acids is 1. The molecule has 0 fully saturated rings. The second-order valence-corrected chi connectivity index (χ2v) is 7.51. The summed E-state index contributed by atoms with van der Waals surface area (Å²) >= 11 is 1.33. The molecule has 0 radical (unpaired) electrons. The highest BCUT2D eigenvalue weighted by Crippen LogP contribution is 2.37. The maximum atomic E-state index is 12.1. The van der Waals surface area contributed by atoms with Crippen LogP contribution in [-0.2, 0) is 11.8 Å². The lowest BCUT2D eigenvalue weighted by atomic mass is 10.0. The molecule has 0 saturated heterocycles. The first-order valence-corrected chi connectivity index (χ1v) is 9.25. The number of nitrogens with zero attached hydrogens (tertiary/aromatic N) is 3. The number of carbonyl (C=O) groups is 1. The van der Waals surface area contributed by atoms with E-state index < -0.39 is 5.25 Å². The molecule has 0 aliphatic heterocycles. The van der Waals surface area contributed by atoms with Gasteiger partial charge in [-0.05, 0) is 37.5 Å². The predicted octanol–water partition coefficient (Wildman–Crippen LogP) is 3.73. The number of rotatable bonds is 5. The monoisotopic (exact) mass is 366 g/mol. The third kappa shape index (κ3) is 3.51. The number of primary amides is 1. The number of nitrogens with two attached hydrogens (primary N) is 1.